The third-order valence-electron chi connectivity index (χ3n) is 1.69. The van der Waals surface area contributed by atoms with E-state index < -0.39 is 18.4 Å². The van der Waals surface area contributed by atoms with E-state index in [2.05, 4.69) is 27.0 Å². The zero-order valence-corrected chi connectivity index (χ0v) is 10.8. The molecule has 0 bridgehead atoms. The van der Waals surface area contributed by atoms with Crippen molar-refractivity contribution in [1.82, 2.24) is 0 Å². The quantitative estimate of drug-likeness (QED) is 0.691. The first-order valence-electron chi connectivity index (χ1n) is 3.76. The first-order chi connectivity index (χ1) is 5.00. The Kier molecular flexibility index (Phi) is 2.87. The van der Waals surface area contributed by atoms with Crippen molar-refractivity contribution < 1.29 is 0 Å². The first kappa shape index (κ1) is 9.40. The Balaban J connectivity index is 3.06. The molecule has 2 heteroatoms. The van der Waals surface area contributed by atoms with Crippen LogP contribution in [-0.4, -0.2) is 18.4 Å². The minimum atomic E-state index is -1.84. The molecular weight excluding hydrogens is 262 g/mol. The van der Waals surface area contributed by atoms with Crippen LogP contribution >= 0.6 is 11.6 Å². The average molecular weight is 275 g/mol. The van der Waals surface area contributed by atoms with Gasteiger partial charge in [-0.1, -0.05) is 0 Å². The molecule has 0 spiro atoms. The molecule has 0 radical (unpaired) electrons. The van der Waals surface area contributed by atoms with Crippen LogP contribution < -0.4 is 3.58 Å². The Hall–Kier alpha value is 0.309. The molecule has 0 heterocycles. The third kappa shape index (κ3) is 2.68. The van der Waals surface area contributed by atoms with E-state index in [1.165, 1.54) is 3.58 Å². The van der Waals surface area contributed by atoms with E-state index in [4.69, 9.17) is 11.6 Å². The van der Waals surface area contributed by atoms with Crippen molar-refractivity contribution in [2.45, 2.75) is 14.8 Å². The summed E-state index contributed by atoms with van der Waals surface area (Å²) in [4.78, 5) is 7.17. The van der Waals surface area contributed by atoms with Gasteiger partial charge in [-0.25, -0.2) is 0 Å². The summed E-state index contributed by atoms with van der Waals surface area (Å²) in [6.45, 7) is 0. The molecule has 0 N–H and O–H groups in total. The van der Waals surface area contributed by atoms with Crippen LogP contribution in [0.3, 0.4) is 0 Å². The van der Waals surface area contributed by atoms with Crippen LogP contribution in [-0.2, 0) is 0 Å². The zero-order chi connectivity index (χ0) is 8.48. The van der Waals surface area contributed by atoms with Gasteiger partial charge in [-0.05, 0) is 0 Å². The molecular formula is C9H13ClSn. The van der Waals surface area contributed by atoms with Crippen LogP contribution in [0.4, 0.5) is 0 Å². The number of benzene rings is 1. The van der Waals surface area contributed by atoms with Gasteiger partial charge in [0.1, 0.15) is 0 Å². The Bertz CT molecular complexity index is 250. The molecule has 0 amide bonds. The summed E-state index contributed by atoms with van der Waals surface area (Å²) in [5.41, 5.74) is 0. The van der Waals surface area contributed by atoms with E-state index in [0.29, 0.717) is 0 Å². The Morgan fingerprint density at radius 2 is 1.82 bits per heavy atom. The van der Waals surface area contributed by atoms with Gasteiger partial charge in [0, 0.05) is 0 Å². The van der Waals surface area contributed by atoms with Crippen LogP contribution in [0.5, 0.6) is 0 Å². The molecule has 0 aliphatic carbocycles. The fraction of sp³-hybridized carbons (Fsp3) is 0.333. The molecule has 60 valence electrons. The number of halogens is 1. The van der Waals surface area contributed by atoms with Crippen molar-refractivity contribution in [3.05, 3.63) is 29.3 Å². The van der Waals surface area contributed by atoms with Gasteiger partial charge in [-0.2, -0.15) is 0 Å². The predicted molar refractivity (Wildman–Crippen MR) is 54.4 cm³/mol. The maximum absolute atomic E-state index is 5.88. The van der Waals surface area contributed by atoms with Gasteiger partial charge in [-0.3, -0.25) is 0 Å². The molecule has 0 unspecified atom stereocenters. The molecule has 0 saturated heterocycles. The van der Waals surface area contributed by atoms with E-state index in [1.54, 1.807) is 0 Å². The fourth-order valence-corrected chi connectivity index (χ4v) is 4.79. The Morgan fingerprint density at radius 3 is 2.18 bits per heavy atom. The molecule has 0 atom stereocenters. The second-order valence-corrected chi connectivity index (χ2v) is 18.7. The zero-order valence-electron chi connectivity index (χ0n) is 7.19. The van der Waals surface area contributed by atoms with E-state index in [0.717, 1.165) is 5.02 Å². The topological polar surface area (TPSA) is 0 Å². The molecule has 0 saturated carbocycles. The molecule has 0 fully saturated rings. The monoisotopic (exact) mass is 276 g/mol. The molecule has 0 aliphatic rings. The summed E-state index contributed by atoms with van der Waals surface area (Å²) >= 11 is 4.04. The van der Waals surface area contributed by atoms with E-state index >= 15 is 0 Å². The average Bonchev–Trinajstić information content (AvgIpc) is 1.86. The van der Waals surface area contributed by atoms with Crippen molar-refractivity contribution in [3.63, 3.8) is 0 Å². The van der Waals surface area contributed by atoms with Gasteiger partial charge in [0.25, 0.3) is 0 Å². The summed E-state index contributed by atoms with van der Waals surface area (Å²) in [7, 11) is 0. The molecule has 1 aromatic carbocycles. The van der Waals surface area contributed by atoms with Crippen LogP contribution in [0, 0.1) is 0 Å². The molecule has 1 aromatic rings. The van der Waals surface area contributed by atoms with Gasteiger partial charge in [0.05, 0.1) is 0 Å². The van der Waals surface area contributed by atoms with Gasteiger partial charge in [0.2, 0.25) is 0 Å². The van der Waals surface area contributed by atoms with Gasteiger partial charge in [0.15, 0.2) is 0 Å². The number of hydrogen-bond donors (Lipinski definition) is 0. The van der Waals surface area contributed by atoms with Crippen LogP contribution in [0.15, 0.2) is 24.3 Å². The fourth-order valence-electron chi connectivity index (χ4n) is 0.955. The van der Waals surface area contributed by atoms with E-state index in [9.17, 15) is 0 Å². The van der Waals surface area contributed by atoms with Crippen molar-refractivity contribution >= 4 is 33.6 Å². The second-order valence-electron chi connectivity index (χ2n) is 3.76. The van der Waals surface area contributed by atoms with Crippen LogP contribution in [0.1, 0.15) is 0 Å². The van der Waals surface area contributed by atoms with Gasteiger partial charge in [-0.15, -0.1) is 0 Å². The summed E-state index contributed by atoms with van der Waals surface area (Å²) in [6, 6.07) is 8.28. The Morgan fingerprint density at radius 1 is 1.18 bits per heavy atom. The first-order valence-corrected chi connectivity index (χ1v) is 14.1. The normalized spacial score (nSPS) is 11.6. The van der Waals surface area contributed by atoms with Crippen molar-refractivity contribution in [1.29, 1.82) is 0 Å². The molecule has 11 heavy (non-hydrogen) atoms. The molecule has 0 aromatic heterocycles. The third-order valence-corrected chi connectivity index (χ3v) is 7.76. The van der Waals surface area contributed by atoms with Crippen LogP contribution in [0.25, 0.3) is 0 Å². The van der Waals surface area contributed by atoms with Gasteiger partial charge >= 0.3 is 77.7 Å². The van der Waals surface area contributed by atoms with Gasteiger partial charge < -0.3 is 0 Å². The summed E-state index contributed by atoms with van der Waals surface area (Å²) in [5, 5.41) is 0.870. The SMILES string of the molecule is [CH3][Sn]([CH3])([CH3])[c]1cccc(Cl)c1. The predicted octanol–water partition coefficient (Wildman–Crippen LogP) is 2.89. The summed E-state index contributed by atoms with van der Waals surface area (Å²) in [6.07, 6.45) is 0. The van der Waals surface area contributed by atoms with E-state index in [1.807, 2.05) is 12.1 Å². The second kappa shape index (κ2) is 3.36. The molecule has 1 rings (SSSR count). The summed E-state index contributed by atoms with van der Waals surface area (Å²) < 4.78 is 1.49. The van der Waals surface area contributed by atoms with Crippen molar-refractivity contribution in [2.24, 2.45) is 0 Å². The van der Waals surface area contributed by atoms with Crippen molar-refractivity contribution in [2.75, 3.05) is 0 Å². The van der Waals surface area contributed by atoms with E-state index in [-0.39, 0.29) is 0 Å². The van der Waals surface area contributed by atoms with Crippen LogP contribution in [0.2, 0.25) is 19.8 Å². The number of rotatable bonds is 1. The maximum atomic E-state index is 5.88. The Labute approximate surface area is 77.4 Å². The molecule has 0 aliphatic heterocycles. The minimum absolute atomic E-state index is 0.870. The molecule has 0 nitrogen and oxygen atoms in total. The summed E-state index contributed by atoms with van der Waals surface area (Å²) in [5.74, 6) is 0. The van der Waals surface area contributed by atoms with Crippen molar-refractivity contribution in [3.8, 4) is 0 Å². The number of hydrogen-bond acceptors (Lipinski definition) is 0. The standard InChI is InChI=1S/C6H4Cl.3CH3.Sn/c7-6-4-2-1-3-5-6;;;;/h1-2,4-5H;3*1H3;.